The van der Waals surface area contributed by atoms with Crippen LogP contribution in [0.3, 0.4) is 0 Å². The average molecular weight is 416 g/mol. The fraction of sp³-hybridized carbons (Fsp3) is 0.316. The molecule has 2 atom stereocenters. The second-order valence-corrected chi connectivity index (χ2v) is 6.53. The van der Waals surface area contributed by atoms with Crippen molar-refractivity contribution >= 4 is 23.7 Å². The summed E-state index contributed by atoms with van der Waals surface area (Å²) in [6, 6.07) is 7.05. The molecule has 0 saturated carbocycles. The first-order valence-corrected chi connectivity index (χ1v) is 9.18. The Bertz CT molecular complexity index is 856. The molecule has 0 saturated heterocycles. The van der Waals surface area contributed by atoms with Gasteiger partial charge in [-0.2, -0.15) is 0 Å². The van der Waals surface area contributed by atoms with E-state index < -0.39 is 42.3 Å². The van der Waals surface area contributed by atoms with E-state index in [9.17, 15) is 19.2 Å². The number of benzene rings is 1. The van der Waals surface area contributed by atoms with Crippen molar-refractivity contribution in [2.24, 2.45) is 5.73 Å². The number of hydrogen-bond acceptors (Lipinski definition) is 6. The lowest BCUT2D eigenvalue weighted by atomic mass is 10.1. The second-order valence-electron chi connectivity index (χ2n) is 6.53. The van der Waals surface area contributed by atoms with Gasteiger partial charge >= 0.3 is 5.97 Å². The fourth-order valence-corrected chi connectivity index (χ4v) is 2.61. The summed E-state index contributed by atoms with van der Waals surface area (Å²) in [7, 11) is 0. The Balaban J connectivity index is 1.89. The SMILES string of the molecule is NC(Cc1cnc[nH]1)C(=O)NCC(=O)NC(Cc1ccccc1)C(=O)NCC(=O)O. The molecule has 160 valence electrons. The number of nitrogens with one attached hydrogen (secondary N) is 4. The van der Waals surface area contributed by atoms with Crippen LogP contribution in [-0.4, -0.2) is 63.9 Å². The number of carboxylic acids is 1. The number of nitrogens with two attached hydrogens (primary N) is 1. The summed E-state index contributed by atoms with van der Waals surface area (Å²) in [6.07, 6.45) is 3.40. The Morgan fingerprint density at radius 3 is 2.37 bits per heavy atom. The average Bonchev–Trinajstić information content (AvgIpc) is 3.23. The van der Waals surface area contributed by atoms with Gasteiger partial charge in [0.15, 0.2) is 0 Å². The van der Waals surface area contributed by atoms with Crippen molar-refractivity contribution in [3.05, 3.63) is 54.1 Å². The molecule has 0 fully saturated rings. The summed E-state index contributed by atoms with van der Waals surface area (Å²) in [5.41, 5.74) is 7.26. The number of hydrogen-bond donors (Lipinski definition) is 6. The minimum Gasteiger partial charge on any atom is -0.480 e. The maximum Gasteiger partial charge on any atom is 0.322 e. The van der Waals surface area contributed by atoms with Gasteiger partial charge in [0.25, 0.3) is 0 Å². The van der Waals surface area contributed by atoms with Crippen LogP contribution >= 0.6 is 0 Å². The number of carboxylic acid groups (broad SMARTS) is 1. The molecule has 2 rings (SSSR count). The Morgan fingerprint density at radius 1 is 1.03 bits per heavy atom. The van der Waals surface area contributed by atoms with Gasteiger partial charge in [0.1, 0.15) is 12.6 Å². The zero-order chi connectivity index (χ0) is 21.9. The van der Waals surface area contributed by atoms with E-state index in [0.29, 0.717) is 5.69 Å². The van der Waals surface area contributed by atoms with E-state index in [-0.39, 0.29) is 19.4 Å². The second kappa shape index (κ2) is 11.3. The Kier molecular flexibility index (Phi) is 8.51. The summed E-state index contributed by atoms with van der Waals surface area (Å²) >= 11 is 0. The van der Waals surface area contributed by atoms with Crippen LogP contribution in [0.2, 0.25) is 0 Å². The quantitative estimate of drug-likeness (QED) is 0.253. The molecule has 3 amide bonds. The molecule has 1 aromatic carbocycles. The monoisotopic (exact) mass is 416 g/mol. The van der Waals surface area contributed by atoms with Crippen LogP contribution < -0.4 is 21.7 Å². The van der Waals surface area contributed by atoms with Crippen molar-refractivity contribution in [1.82, 2.24) is 25.9 Å². The topological polar surface area (TPSA) is 179 Å². The molecule has 0 radical (unpaired) electrons. The standard InChI is InChI=1S/C19H24N6O5/c20-14(7-13-8-21-11-24-13)18(29)22-9-16(26)25-15(19(30)23-10-17(27)28)6-12-4-2-1-3-5-12/h1-5,8,11,14-15H,6-7,9-10,20H2,(H,21,24)(H,22,29)(H,23,30)(H,25,26)(H,27,28). The number of aromatic amines is 1. The highest BCUT2D eigenvalue weighted by molar-refractivity contribution is 5.92. The highest BCUT2D eigenvalue weighted by atomic mass is 16.4. The van der Waals surface area contributed by atoms with Gasteiger partial charge < -0.3 is 31.8 Å². The predicted octanol–water partition coefficient (Wildman–Crippen LogP) is -1.68. The summed E-state index contributed by atoms with van der Waals surface area (Å²) in [5, 5.41) is 15.9. The smallest absolute Gasteiger partial charge is 0.322 e. The summed E-state index contributed by atoms with van der Waals surface area (Å²) in [6.45, 7) is -0.952. The molecule has 11 nitrogen and oxygen atoms in total. The van der Waals surface area contributed by atoms with E-state index in [2.05, 4.69) is 25.9 Å². The molecular formula is C19H24N6O5. The molecule has 0 aliphatic carbocycles. The maximum atomic E-state index is 12.3. The number of amides is 3. The minimum atomic E-state index is -1.20. The molecule has 2 unspecified atom stereocenters. The van der Waals surface area contributed by atoms with Gasteiger partial charge in [0.05, 0.1) is 18.9 Å². The van der Waals surface area contributed by atoms with Crippen molar-refractivity contribution in [1.29, 1.82) is 0 Å². The number of aliphatic carboxylic acids is 1. The molecule has 0 spiro atoms. The van der Waals surface area contributed by atoms with Gasteiger partial charge in [0.2, 0.25) is 17.7 Å². The van der Waals surface area contributed by atoms with Crippen molar-refractivity contribution in [3.63, 3.8) is 0 Å². The van der Waals surface area contributed by atoms with Gasteiger partial charge in [0, 0.05) is 24.7 Å². The minimum absolute atomic E-state index is 0.158. The lowest BCUT2D eigenvalue weighted by molar-refractivity contribution is -0.138. The largest absolute Gasteiger partial charge is 0.480 e. The van der Waals surface area contributed by atoms with Crippen LogP contribution in [0.15, 0.2) is 42.9 Å². The van der Waals surface area contributed by atoms with Crippen LogP contribution in [0.5, 0.6) is 0 Å². The molecule has 0 bridgehead atoms. The van der Waals surface area contributed by atoms with Crippen LogP contribution in [0.1, 0.15) is 11.3 Å². The first kappa shape index (κ1) is 22.6. The van der Waals surface area contributed by atoms with E-state index >= 15 is 0 Å². The van der Waals surface area contributed by atoms with Crippen molar-refractivity contribution in [2.75, 3.05) is 13.1 Å². The normalized spacial score (nSPS) is 12.4. The zero-order valence-corrected chi connectivity index (χ0v) is 16.1. The first-order valence-electron chi connectivity index (χ1n) is 9.18. The molecule has 0 aliphatic heterocycles. The van der Waals surface area contributed by atoms with E-state index in [4.69, 9.17) is 10.8 Å². The predicted molar refractivity (Wildman–Crippen MR) is 106 cm³/mol. The summed E-state index contributed by atoms with van der Waals surface area (Å²) in [4.78, 5) is 54.0. The molecule has 0 aliphatic rings. The lowest BCUT2D eigenvalue weighted by Crippen LogP contribution is -2.52. The highest BCUT2D eigenvalue weighted by Crippen LogP contribution is 2.04. The Labute approximate surface area is 172 Å². The van der Waals surface area contributed by atoms with Crippen LogP contribution in [-0.2, 0) is 32.0 Å². The molecule has 11 heteroatoms. The number of carbonyl (C=O) groups excluding carboxylic acids is 3. The van der Waals surface area contributed by atoms with Crippen molar-refractivity contribution in [2.45, 2.75) is 24.9 Å². The van der Waals surface area contributed by atoms with Gasteiger partial charge in [-0.3, -0.25) is 19.2 Å². The molecule has 1 aromatic heterocycles. The summed E-state index contributed by atoms with van der Waals surface area (Å²) in [5.74, 6) is -2.98. The van der Waals surface area contributed by atoms with E-state index in [1.807, 2.05) is 6.07 Å². The summed E-state index contributed by atoms with van der Waals surface area (Å²) < 4.78 is 0. The van der Waals surface area contributed by atoms with Gasteiger partial charge in [-0.1, -0.05) is 30.3 Å². The molecule has 30 heavy (non-hydrogen) atoms. The third-order valence-electron chi connectivity index (χ3n) is 4.10. The fourth-order valence-electron chi connectivity index (χ4n) is 2.61. The van der Waals surface area contributed by atoms with Crippen LogP contribution in [0, 0.1) is 0 Å². The highest BCUT2D eigenvalue weighted by Gasteiger charge is 2.22. The number of H-pyrrole nitrogens is 1. The number of aromatic nitrogens is 2. The zero-order valence-electron chi connectivity index (χ0n) is 16.1. The Hall–Kier alpha value is -3.73. The number of nitrogens with zero attached hydrogens (tertiary/aromatic N) is 1. The van der Waals surface area contributed by atoms with Crippen molar-refractivity contribution in [3.8, 4) is 0 Å². The number of rotatable bonds is 11. The lowest BCUT2D eigenvalue weighted by Gasteiger charge is -2.19. The van der Waals surface area contributed by atoms with E-state index in [1.165, 1.54) is 6.33 Å². The third-order valence-corrected chi connectivity index (χ3v) is 4.10. The van der Waals surface area contributed by atoms with Crippen LogP contribution in [0.4, 0.5) is 0 Å². The maximum absolute atomic E-state index is 12.3. The van der Waals surface area contributed by atoms with E-state index in [0.717, 1.165) is 5.56 Å². The van der Waals surface area contributed by atoms with Crippen LogP contribution in [0.25, 0.3) is 0 Å². The van der Waals surface area contributed by atoms with Gasteiger partial charge in [-0.15, -0.1) is 0 Å². The number of imidazole rings is 1. The van der Waals surface area contributed by atoms with E-state index in [1.54, 1.807) is 30.5 Å². The van der Waals surface area contributed by atoms with Crippen molar-refractivity contribution < 1.29 is 24.3 Å². The molecule has 7 N–H and O–H groups in total. The molecule has 1 heterocycles. The van der Waals surface area contributed by atoms with Gasteiger partial charge in [-0.05, 0) is 5.56 Å². The van der Waals surface area contributed by atoms with Gasteiger partial charge in [-0.25, -0.2) is 4.98 Å². The third kappa shape index (κ3) is 7.72. The number of carbonyl (C=O) groups is 4. The molecule has 2 aromatic rings. The molecular weight excluding hydrogens is 392 g/mol. The first-order chi connectivity index (χ1) is 14.3. The Morgan fingerprint density at radius 2 is 1.73 bits per heavy atom.